The molecular formula is C13H15NO5S. The van der Waals surface area contributed by atoms with E-state index < -0.39 is 21.7 Å². The summed E-state index contributed by atoms with van der Waals surface area (Å²) >= 11 is 0. The van der Waals surface area contributed by atoms with Crippen LogP contribution in [-0.2, 0) is 19.4 Å². The lowest BCUT2D eigenvalue weighted by Crippen LogP contribution is -2.17. The van der Waals surface area contributed by atoms with Gasteiger partial charge in [-0.25, -0.2) is 13.2 Å². The van der Waals surface area contributed by atoms with E-state index in [0.29, 0.717) is 0 Å². The van der Waals surface area contributed by atoms with Gasteiger partial charge in [0.25, 0.3) is 5.91 Å². The van der Waals surface area contributed by atoms with Gasteiger partial charge in [0, 0.05) is 17.4 Å². The van der Waals surface area contributed by atoms with E-state index in [9.17, 15) is 18.0 Å². The van der Waals surface area contributed by atoms with Gasteiger partial charge in [-0.1, -0.05) is 12.1 Å². The van der Waals surface area contributed by atoms with Crippen molar-refractivity contribution in [2.45, 2.75) is 18.7 Å². The number of amides is 1. The molecule has 0 aliphatic carbocycles. The van der Waals surface area contributed by atoms with Crippen molar-refractivity contribution in [2.24, 2.45) is 0 Å². The monoisotopic (exact) mass is 297 g/mol. The Kier molecular flexibility index (Phi) is 4.67. The molecule has 1 rings (SSSR count). The number of carbonyl (C=O) groups is 2. The summed E-state index contributed by atoms with van der Waals surface area (Å²) in [5, 5.41) is 11.2. The van der Waals surface area contributed by atoms with Gasteiger partial charge >= 0.3 is 5.97 Å². The molecule has 0 unspecified atom stereocenters. The Labute approximate surface area is 117 Å². The fourth-order valence-corrected chi connectivity index (χ4v) is 2.28. The molecule has 2 N–H and O–H groups in total. The van der Waals surface area contributed by atoms with Crippen molar-refractivity contribution in [2.75, 3.05) is 11.6 Å². The molecule has 0 bridgehead atoms. The number of rotatable bonds is 4. The Morgan fingerprint density at radius 1 is 1.10 bits per heavy atom. The number of para-hydroxylation sites is 1. The van der Waals surface area contributed by atoms with E-state index in [1.807, 2.05) is 0 Å². The molecule has 20 heavy (non-hydrogen) atoms. The summed E-state index contributed by atoms with van der Waals surface area (Å²) in [6.45, 7) is 2.67. The minimum atomic E-state index is -3.49. The molecule has 1 amide bonds. The third-order valence-corrected chi connectivity index (χ3v) is 3.91. The van der Waals surface area contributed by atoms with Gasteiger partial charge in [0.15, 0.2) is 9.84 Å². The van der Waals surface area contributed by atoms with Crippen LogP contribution in [0.3, 0.4) is 0 Å². The molecule has 108 valence electrons. The molecule has 0 atom stereocenters. The smallest absolute Gasteiger partial charge is 0.331 e. The molecule has 7 heteroatoms. The average molecular weight is 297 g/mol. The number of carboxylic acid groups (broad SMARTS) is 1. The Morgan fingerprint density at radius 3 is 2.15 bits per heavy atom. The molecule has 0 radical (unpaired) electrons. The summed E-state index contributed by atoms with van der Waals surface area (Å²) < 4.78 is 23.2. The highest BCUT2D eigenvalue weighted by Crippen LogP contribution is 2.21. The van der Waals surface area contributed by atoms with Gasteiger partial charge < -0.3 is 10.4 Å². The standard InChI is InChI=1S/C13H15NO5S/c1-8(9(2)13(16)17)12(15)14-10-6-4-5-7-11(10)20(3,18)19/h4-7H,1-3H3,(H,14,15)(H,16,17)/b9-8-. The zero-order valence-corrected chi connectivity index (χ0v) is 12.1. The van der Waals surface area contributed by atoms with Crippen LogP contribution in [0.4, 0.5) is 5.69 Å². The van der Waals surface area contributed by atoms with Crippen molar-refractivity contribution >= 4 is 27.4 Å². The normalized spacial score (nSPS) is 12.6. The molecule has 0 spiro atoms. The second-order valence-electron chi connectivity index (χ2n) is 4.28. The summed E-state index contributed by atoms with van der Waals surface area (Å²) in [6, 6.07) is 5.93. The van der Waals surface area contributed by atoms with Crippen LogP contribution in [0.2, 0.25) is 0 Å². The maximum atomic E-state index is 11.9. The third-order valence-electron chi connectivity index (χ3n) is 2.76. The molecule has 0 heterocycles. The van der Waals surface area contributed by atoms with Crippen LogP contribution in [-0.4, -0.2) is 31.7 Å². The van der Waals surface area contributed by atoms with E-state index in [-0.39, 0.29) is 21.7 Å². The molecule has 6 nitrogen and oxygen atoms in total. The fraction of sp³-hybridized carbons (Fsp3) is 0.231. The number of anilines is 1. The van der Waals surface area contributed by atoms with Gasteiger partial charge in [-0.3, -0.25) is 4.79 Å². The second-order valence-corrected chi connectivity index (χ2v) is 6.26. The predicted molar refractivity (Wildman–Crippen MR) is 74.2 cm³/mol. The largest absolute Gasteiger partial charge is 0.478 e. The van der Waals surface area contributed by atoms with Crippen molar-refractivity contribution in [3.63, 3.8) is 0 Å². The maximum Gasteiger partial charge on any atom is 0.331 e. The quantitative estimate of drug-likeness (QED) is 0.819. The van der Waals surface area contributed by atoms with Gasteiger partial charge in [0.05, 0.1) is 10.6 Å². The van der Waals surface area contributed by atoms with E-state index in [1.165, 1.54) is 32.0 Å². The van der Waals surface area contributed by atoms with Crippen molar-refractivity contribution < 1.29 is 23.1 Å². The first-order valence-electron chi connectivity index (χ1n) is 5.65. The fourth-order valence-electron chi connectivity index (χ4n) is 1.44. The van der Waals surface area contributed by atoms with Gasteiger partial charge in [-0.15, -0.1) is 0 Å². The van der Waals surface area contributed by atoms with Gasteiger partial charge in [0.1, 0.15) is 0 Å². The highest BCUT2D eigenvalue weighted by molar-refractivity contribution is 7.90. The lowest BCUT2D eigenvalue weighted by Gasteiger charge is -2.10. The van der Waals surface area contributed by atoms with Crippen LogP contribution in [0.5, 0.6) is 0 Å². The van der Waals surface area contributed by atoms with Crippen molar-refractivity contribution in [1.29, 1.82) is 0 Å². The molecule has 1 aromatic rings. The number of aliphatic carboxylic acids is 1. The van der Waals surface area contributed by atoms with Crippen LogP contribution >= 0.6 is 0 Å². The highest BCUT2D eigenvalue weighted by atomic mass is 32.2. The third kappa shape index (κ3) is 3.67. The minimum absolute atomic E-state index is 0.0146. The van der Waals surface area contributed by atoms with Crippen LogP contribution in [0.25, 0.3) is 0 Å². The molecule has 0 saturated carbocycles. The first kappa shape index (κ1) is 15.9. The predicted octanol–water partition coefficient (Wildman–Crippen LogP) is 1.45. The van der Waals surface area contributed by atoms with Crippen LogP contribution in [0.15, 0.2) is 40.3 Å². The molecular weight excluding hydrogens is 282 g/mol. The summed E-state index contributed by atoms with van der Waals surface area (Å²) in [5.41, 5.74) is 0.0395. The Morgan fingerprint density at radius 2 is 1.65 bits per heavy atom. The minimum Gasteiger partial charge on any atom is -0.478 e. The summed E-state index contributed by atoms with van der Waals surface area (Å²) in [5.74, 6) is -1.85. The summed E-state index contributed by atoms with van der Waals surface area (Å²) in [6.07, 6.45) is 1.03. The Hall–Kier alpha value is -2.15. The molecule has 1 aromatic carbocycles. The van der Waals surface area contributed by atoms with E-state index in [0.717, 1.165) is 6.26 Å². The number of hydrogen-bond acceptors (Lipinski definition) is 4. The van der Waals surface area contributed by atoms with Crippen molar-refractivity contribution in [3.8, 4) is 0 Å². The van der Waals surface area contributed by atoms with Gasteiger partial charge in [-0.2, -0.15) is 0 Å². The average Bonchev–Trinajstić information content (AvgIpc) is 2.36. The number of carboxylic acids is 1. The number of nitrogens with one attached hydrogen (secondary N) is 1. The molecule has 0 aliphatic heterocycles. The van der Waals surface area contributed by atoms with E-state index >= 15 is 0 Å². The van der Waals surface area contributed by atoms with Gasteiger partial charge in [-0.05, 0) is 26.0 Å². The Balaban J connectivity index is 3.17. The van der Waals surface area contributed by atoms with Crippen LogP contribution in [0, 0.1) is 0 Å². The Bertz CT molecular complexity index is 688. The number of benzene rings is 1. The van der Waals surface area contributed by atoms with Gasteiger partial charge in [0.2, 0.25) is 0 Å². The van der Waals surface area contributed by atoms with E-state index in [1.54, 1.807) is 6.07 Å². The first-order valence-corrected chi connectivity index (χ1v) is 7.55. The summed E-state index contributed by atoms with van der Waals surface area (Å²) in [4.78, 5) is 22.7. The number of sulfone groups is 1. The zero-order valence-electron chi connectivity index (χ0n) is 11.3. The van der Waals surface area contributed by atoms with Crippen molar-refractivity contribution in [3.05, 3.63) is 35.4 Å². The van der Waals surface area contributed by atoms with E-state index in [2.05, 4.69) is 5.32 Å². The first-order chi connectivity index (χ1) is 9.14. The topological polar surface area (TPSA) is 101 Å². The van der Waals surface area contributed by atoms with Crippen LogP contribution < -0.4 is 5.32 Å². The number of carbonyl (C=O) groups excluding carboxylic acids is 1. The summed E-state index contributed by atoms with van der Waals surface area (Å²) in [7, 11) is -3.49. The SMILES string of the molecule is C/C(C(=O)O)=C(\C)C(=O)Nc1ccccc1S(C)(=O)=O. The molecule has 0 aliphatic rings. The number of hydrogen-bond donors (Lipinski definition) is 2. The second kappa shape index (κ2) is 5.87. The maximum absolute atomic E-state index is 11.9. The highest BCUT2D eigenvalue weighted by Gasteiger charge is 2.17. The molecule has 0 aromatic heterocycles. The van der Waals surface area contributed by atoms with E-state index in [4.69, 9.17) is 5.11 Å². The van der Waals surface area contributed by atoms with Crippen LogP contribution in [0.1, 0.15) is 13.8 Å². The zero-order chi connectivity index (χ0) is 15.5. The molecule has 0 fully saturated rings. The lowest BCUT2D eigenvalue weighted by atomic mass is 10.1. The van der Waals surface area contributed by atoms with Crippen molar-refractivity contribution in [1.82, 2.24) is 0 Å². The molecule has 0 saturated heterocycles. The lowest BCUT2D eigenvalue weighted by molar-refractivity contribution is -0.133.